The molecule has 0 bridgehead atoms. The number of fused-ring (bicyclic) bond motifs is 1. The first-order chi connectivity index (χ1) is 9.18. The largest absolute Gasteiger partial charge is 0.394 e. The summed E-state index contributed by atoms with van der Waals surface area (Å²) in [6, 6.07) is 0. The van der Waals surface area contributed by atoms with E-state index in [-0.39, 0.29) is 19.8 Å². The molecule has 0 aromatic heterocycles. The first-order valence-electron chi connectivity index (χ1n) is 7.05. The van der Waals surface area contributed by atoms with Crippen LogP contribution in [0.15, 0.2) is 0 Å². The van der Waals surface area contributed by atoms with Gasteiger partial charge in [0.1, 0.15) is 23.9 Å². The fraction of sp³-hybridized carbons (Fsp3) is 1.00. The lowest BCUT2D eigenvalue weighted by atomic mass is 9.94. The minimum atomic E-state index is -1.17. The van der Waals surface area contributed by atoms with E-state index in [0.29, 0.717) is 0 Å². The summed E-state index contributed by atoms with van der Waals surface area (Å²) in [7, 11) is 0. The zero-order chi connectivity index (χ0) is 13.5. The number of aliphatic hydroxyl groups is 3. The van der Waals surface area contributed by atoms with Crippen LogP contribution in [0.5, 0.6) is 0 Å². The molecule has 0 aromatic rings. The second-order valence-corrected chi connectivity index (χ2v) is 5.81. The molecule has 19 heavy (non-hydrogen) atoms. The Balaban J connectivity index is 1.84. The van der Waals surface area contributed by atoms with E-state index in [1.165, 1.54) is 6.42 Å². The van der Waals surface area contributed by atoms with Crippen molar-refractivity contribution in [2.45, 2.75) is 61.8 Å². The Morgan fingerprint density at radius 3 is 2.16 bits per heavy atom. The summed E-state index contributed by atoms with van der Waals surface area (Å²) in [5, 5.41) is 28.5. The molecule has 3 aliphatic rings. The monoisotopic (exact) mass is 274 g/mol. The molecule has 6 heteroatoms. The Bertz CT molecular complexity index is 323. The highest BCUT2D eigenvalue weighted by Gasteiger charge is 2.64. The minimum absolute atomic E-state index is 0.206. The maximum absolute atomic E-state index is 9.56. The third-order valence-corrected chi connectivity index (χ3v) is 4.59. The van der Waals surface area contributed by atoms with Crippen molar-refractivity contribution in [1.29, 1.82) is 0 Å². The number of ether oxygens (including phenoxy) is 3. The molecule has 3 atom stereocenters. The van der Waals surface area contributed by atoms with Gasteiger partial charge in [0.15, 0.2) is 5.79 Å². The van der Waals surface area contributed by atoms with Crippen molar-refractivity contribution in [3.63, 3.8) is 0 Å². The van der Waals surface area contributed by atoms with Gasteiger partial charge in [-0.1, -0.05) is 6.42 Å². The van der Waals surface area contributed by atoms with Crippen LogP contribution in [0, 0.1) is 0 Å². The highest BCUT2D eigenvalue weighted by Crippen LogP contribution is 2.48. The van der Waals surface area contributed by atoms with Crippen molar-refractivity contribution in [1.82, 2.24) is 0 Å². The third-order valence-electron chi connectivity index (χ3n) is 4.59. The molecule has 1 aliphatic carbocycles. The van der Waals surface area contributed by atoms with Crippen LogP contribution in [-0.2, 0) is 14.2 Å². The maximum atomic E-state index is 9.56. The first-order valence-corrected chi connectivity index (χ1v) is 7.05. The number of rotatable bonds is 3. The van der Waals surface area contributed by atoms with Gasteiger partial charge in [-0.05, 0) is 12.8 Å². The van der Waals surface area contributed by atoms with E-state index in [9.17, 15) is 15.3 Å². The summed E-state index contributed by atoms with van der Waals surface area (Å²) in [5.41, 5.74) is -1.17. The summed E-state index contributed by atoms with van der Waals surface area (Å²) in [6.45, 7) is -0.899. The summed E-state index contributed by atoms with van der Waals surface area (Å²) in [4.78, 5) is 0. The molecule has 110 valence electrons. The predicted molar refractivity (Wildman–Crippen MR) is 64.4 cm³/mol. The zero-order valence-electron chi connectivity index (χ0n) is 11.0. The van der Waals surface area contributed by atoms with Crippen LogP contribution >= 0.6 is 0 Å². The molecule has 6 nitrogen and oxygen atoms in total. The zero-order valence-corrected chi connectivity index (χ0v) is 11.0. The Morgan fingerprint density at radius 2 is 1.58 bits per heavy atom. The van der Waals surface area contributed by atoms with Gasteiger partial charge in [0.2, 0.25) is 0 Å². The lowest BCUT2D eigenvalue weighted by molar-refractivity contribution is -0.251. The molecule has 0 unspecified atom stereocenters. The first kappa shape index (κ1) is 13.7. The molecular weight excluding hydrogens is 252 g/mol. The Kier molecular flexibility index (Phi) is 3.57. The number of hydrogen-bond donors (Lipinski definition) is 3. The minimum Gasteiger partial charge on any atom is -0.394 e. The van der Waals surface area contributed by atoms with Crippen LogP contribution < -0.4 is 0 Å². The Morgan fingerprint density at radius 1 is 0.895 bits per heavy atom. The quantitative estimate of drug-likeness (QED) is 0.646. The molecule has 2 heterocycles. The van der Waals surface area contributed by atoms with Crippen LogP contribution in [0.4, 0.5) is 0 Å². The standard InChI is InChI=1S/C13H22O6/c14-6-9-10-11(12(7-15,8-16)17-9)19-13(18-10)4-2-1-3-5-13/h9-11,14-16H,1-8H2/t9-,10-,11-/m1/s1. The van der Waals surface area contributed by atoms with Gasteiger partial charge in [0, 0.05) is 12.8 Å². The van der Waals surface area contributed by atoms with Gasteiger partial charge in [0.05, 0.1) is 19.8 Å². The van der Waals surface area contributed by atoms with Crippen molar-refractivity contribution in [2.75, 3.05) is 19.8 Å². The average Bonchev–Trinajstić information content (AvgIpc) is 2.94. The predicted octanol–water partition coefficient (Wildman–Crippen LogP) is -0.455. The molecule has 3 N–H and O–H groups in total. The molecule has 3 rings (SSSR count). The number of hydrogen-bond acceptors (Lipinski definition) is 6. The topological polar surface area (TPSA) is 88.4 Å². The Labute approximate surface area is 112 Å². The maximum Gasteiger partial charge on any atom is 0.169 e. The lowest BCUT2D eigenvalue weighted by Gasteiger charge is -2.36. The van der Waals surface area contributed by atoms with Gasteiger partial charge < -0.3 is 29.5 Å². The van der Waals surface area contributed by atoms with Crippen molar-refractivity contribution in [3.8, 4) is 0 Å². The smallest absolute Gasteiger partial charge is 0.169 e. The molecule has 0 amide bonds. The molecule has 0 radical (unpaired) electrons. The fourth-order valence-electron chi connectivity index (χ4n) is 3.52. The van der Waals surface area contributed by atoms with Gasteiger partial charge in [-0.15, -0.1) is 0 Å². The SMILES string of the molecule is OC[C@H]1OC(CO)(CO)[C@@H]2OC3(CCCCC3)O[C@@H]21. The summed E-state index contributed by atoms with van der Waals surface area (Å²) < 4.78 is 17.7. The highest BCUT2D eigenvalue weighted by molar-refractivity contribution is 5.08. The van der Waals surface area contributed by atoms with Crippen LogP contribution in [0.2, 0.25) is 0 Å². The van der Waals surface area contributed by atoms with Gasteiger partial charge >= 0.3 is 0 Å². The van der Waals surface area contributed by atoms with Crippen LogP contribution in [0.1, 0.15) is 32.1 Å². The van der Waals surface area contributed by atoms with E-state index in [1.54, 1.807) is 0 Å². The molecular formula is C13H22O6. The van der Waals surface area contributed by atoms with E-state index in [1.807, 2.05) is 0 Å². The molecule has 1 saturated carbocycles. The van der Waals surface area contributed by atoms with E-state index < -0.39 is 29.7 Å². The van der Waals surface area contributed by atoms with Gasteiger partial charge in [0.25, 0.3) is 0 Å². The molecule has 0 aromatic carbocycles. The van der Waals surface area contributed by atoms with E-state index in [2.05, 4.69) is 0 Å². The summed E-state index contributed by atoms with van der Waals surface area (Å²) >= 11 is 0. The van der Waals surface area contributed by atoms with Crippen molar-refractivity contribution >= 4 is 0 Å². The summed E-state index contributed by atoms with van der Waals surface area (Å²) in [5.74, 6) is -0.611. The molecule has 2 aliphatic heterocycles. The van der Waals surface area contributed by atoms with Crippen molar-refractivity contribution in [2.24, 2.45) is 0 Å². The summed E-state index contributed by atoms with van der Waals surface area (Å²) in [6.07, 6.45) is 3.45. The lowest BCUT2D eigenvalue weighted by Crippen LogP contribution is -2.50. The second kappa shape index (κ2) is 4.95. The van der Waals surface area contributed by atoms with Gasteiger partial charge in [-0.3, -0.25) is 0 Å². The van der Waals surface area contributed by atoms with Crippen LogP contribution in [-0.4, -0.2) is 64.8 Å². The van der Waals surface area contributed by atoms with Gasteiger partial charge in [-0.2, -0.15) is 0 Å². The van der Waals surface area contributed by atoms with E-state index in [4.69, 9.17) is 14.2 Å². The van der Waals surface area contributed by atoms with Crippen LogP contribution in [0.3, 0.4) is 0 Å². The number of aliphatic hydroxyl groups excluding tert-OH is 3. The van der Waals surface area contributed by atoms with Crippen molar-refractivity contribution in [3.05, 3.63) is 0 Å². The highest BCUT2D eigenvalue weighted by atomic mass is 16.8. The second-order valence-electron chi connectivity index (χ2n) is 5.81. The Hall–Kier alpha value is -0.240. The van der Waals surface area contributed by atoms with E-state index >= 15 is 0 Å². The average molecular weight is 274 g/mol. The van der Waals surface area contributed by atoms with Crippen LogP contribution in [0.25, 0.3) is 0 Å². The molecule has 3 fully saturated rings. The normalized spacial score (nSPS) is 39.6. The fourth-order valence-corrected chi connectivity index (χ4v) is 3.52. The molecule has 2 saturated heterocycles. The third kappa shape index (κ3) is 2.02. The molecule has 1 spiro atoms. The van der Waals surface area contributed by atoms with E-state index in [0.717, 1.165) is 25.7 Å². The van der Waals surface area contributed by atoms with Crippen molar-refractivity contribution < 1.29 is 29.5 Å². The van der Waals surface area contributed by atoms with Gasteiger partial charge in [-0.25, -0.2) is 0 Å².